The number of rotatable bonds is 1. The van der Waals surface area contributed by atoms with Crippen molar-refractivity contribution in [1.29, 1.82) is 5.26 Å². The Balaban J connectivity index is 2.85. The molecule has 0 saturated heterocycles. The second kappa shape index (κ2) is 5.07. The molecule has 0 saturated carbocycles. The molecule has 1 aromatic rings. The Kier molecular flexibility index (Phi) is 3.97. The number of halogens is 1. The van der Waals surface area contributed by atoms with Crippen molar-refractivity contribution in [2.24, 2.45) is 0 Å². The third-order valence-electron chi connectivity index (χ3n) is 1.84. The summed E-state index contributed by atoms with van der Waals surface area (Å²) in [5.74, 6) is 0. The van der Waals surface area contributed by atoms with Gasteiger partial charge in [-0.25, -0.2) is 4.79 Å². The van der Waals surface area contributed by atoms with E-state index in [1.54, 1.807) is 18.2 Å². The molecular formula is C12H14ClN3O. The van der Waals surface area contributed by atoms with E-state index in [2.05, 4.69) is 10.6 Å². The van der Waals surface area contributed by atoms with Gasteiger partial charge in [-0.2, -0.15) is 5.26 Å². The van der Waals surface area contributed by atoms with Crippen molar-refractivity contribution in [3.63, 3.8) is 0 Å². The van der Waals surface area contributed by atoms with Crippen LogP contribution in [0.15, 0.2) is 18.2 Å². The number of benzene rings is 1. The van der Waals surface area contributed by atoms with Crippen LogP contribution in [0.4, 0.5) is 10.5 Å². The van der Waals surface area contributed by atoms with Crippen LogP contribution in [0.3, 0.4) is 0 Å². The number of anilines is 1. The largest absolute Gasteiger partial charge is 0.333 e. The Hall–Kier alpha value is -1.73. The lowest BCUT2D eigenvalue weighted by molar-refractivity contribution is 0.244. The van der Waals surface area contributed by atoms with E-state index in [0.717, 1.165) is 0 Å². The molecule has 4 nitrogen and oxygen atoms in total. The van der Waals surface area contributed by atoms with Gasteiger partial charge in [0.25, 0.3) is 0 Å². The van der Waals surface area contributed by atoms with Gasteiger partial charge in [0.15, 0.2) is 0 Å². The lowest BCUT2D eigenvalue weighted by atomic mass is 10.1. The summed E-state index contributed by atoms with van der Waals surface area (Å²) in [6.45, 7) is 5.61. The zero-order chi connectivity index (χ0) is 13.1. The van der Waals surface area contributed by atoms with Gasteiger partial charge in [0.1, 0.15) is 6.07 Å². The van der Waals surface area contributed by atoms with Gasteiger partial charge < -0.3 is 10.6 Å². The summed E-state index contributed by atoms with van der Waals surface area (Å²) in [6, 6.07) is 6.34. The summed E-state index contributed by atoms with van der Waals surface area (Å²) < 4.78 is 0. The summed E-state index contributed by atoms with van der Waals surface area (Å²) in [5.41, 5.74) is 0.440. The summed E-state index contributed by atoms with van der Waals surface area (Å²) in [5, 5.41) is 14.7. The molecule has 0 aliphatic carbocycles. The molecule has 0 fully saturated rings. The predicted octanol–water partition coefficient (Wildman–Crippen LogP) is 3.13. The van der Waals surface area contributed by atoms with Gasteiger partial charge in [0.05, 0.1) is 11.3 Å². The number of carbonyl (C=O) groups is 1. The maximum atomic E-state index is 11.6. The van der Waals surface area contributed by atoms with Gasteiger partial charge in [0, 0.05) is 10.6 Å². The van der Waals surface area contributed by atoms with Crippen LogP contribution < -0.4 is 10.6 Å². The van der Waals surface area contributed by atoms with Gasteiger partial charge in [0.2, 0.25) is 0 Å². The van der Waals surface area contributed by atoms with Crippen LogP contribution in [0, 0.1) is 11.3 Å². The summed E-state index contributed by atoms with van der Waals surface area (Å²) in [4.78, 5) is 11.6. The van der Waals surface area contributed by atoms with Crippen LogP contribution >= 0.6 is 11.6 Å². The molecule has 0 atom stereocenters. The summed E-state index contributed by atoms with van der Waals surface area (Å²) >= 11 is 5.81. The summed E-state index contributed by atoms with van der Waals surface area (Å²) in [7, 11) is 0. The first-order valence-electron chi connectivity index (χ1n) is 5.10. The van der Waals surface area contributed by atoms with Gasteiger partial charge >= 0.3 is 6.03 Å². The van der Waals surface area contributed by atoms with E-state index in [9.17, 15) is 4.79 Å². The van der Waals surface area contributed by atoms with Crippen LogP contribution in [-0.4, -0.2) is 11.6 Å². The van der Waals surface area contributed by atoms with Crippen molar-refractivity contribution in [3.8, 4) is 6.07 Å². The SMILES string of the molecule is CC(C)(C)NC(=O)Nc1cc(Cl)ccc1C#N. The molecule has 17 heavy (non-hydrogen) atoms. The van der Waals surface area contributed by atoms with E-state index in [4.69, 9.17) is 16.9 Å². The fraction of sp³-hybridized carbons (Fsp3) is 0.333. The molecule has 1 aromatic carbocycles. The Morgan fingerprint density at radius 1 is 1.41 bits per heavy atom. The van der Waals surface area contributed by atoms with Crippen molar-refractivity contribution < 1.29 is 4.79 Å². The molecule has 5 heteroatoms. The van der Waals surface area contributed by atoms with Crippen LogP contribution in [-0.2, 0) is 0 Å². The topological polar surface area (TPSA) is 64.9 Å². The number of amides is 2. The van der Waals surface area contributed by atoms with E-state index < -0.39 is 0 Å². The lowest BCUT2D eigenvalue weighted by Crippen LogP contribution is -2.43. The lowest BCUT2D eigenvalue weighted by Gasteiger charge is -2.21. The molecule has 1 rings (SSSR count). The highest BCUT2D eigenvalue weighted by Gasteiger charge is 2.14. The minimum absolute atomic E-state index is 0.338. The Labute approximate surface area is 106 Å². The monoisotopic (exact) mass is 251 g/mol. The van der Waals surface area contributed by atoms with E-state index in [1.165, 1.54) is 0 Å². The van der Waals surface area contributed by atoms with Crippen molar-refractivity contribution in [1.82, 2.24) is 5.32 Å². The van der Waals surface area contributed by atoms with Crippen molar-refractivity contribution in [2.75, 3.05) is 5.32 Å². The van der Waals surface area contributed by atoms with Crippen molar-refractivity contribution >= 4 is 23.3 Å². The van der Waals surface area contributed by atoms with E-state index in [1.807, 2.05) is 26.8 Å². The quantitative estimate of drug-likeness (QED) is 0.805. The van der Waals surface area contributed by atoms with E-state index in [-0.39, 0.29) is 11.6 Å². The molecule has 0 aromatic heterocycles. The number of carbonyl (C=O) groups excluding carboxylic acids is 1. The van der Waals surface area contributed by atoms with Gasteiger partial charge in [-0.15, -0.1) is 0 Å². The average Bonchev–Trinajstić information content (AvgIpc) is 2.14. The molecular weight excluding hydrogens is 238 g/mol. The highest BCUT2D eigenvalue weighted by atomic mass is 35.5. The number of nitrogens with one attached hydrogen (secondary N) is 2. The number of hydrogen-bond donors (Lipinski definition) is 2. The first-order chi connectivity index (χ1) is 7.81. The van der Waals surface area contributed by atoms with Crippen LogP contribution in [0.2, 0.25) is 5.02 Å². The van der Waals surface area contributed by atoms with Crippen molar-refractivity contribution in [3.05, 3.63) is 28.8 Å². The van der Waals surface area contributed by atoms with E-state index >= 15 is 0 Å². The van der Waals surface area contributed by atoms with E-state index in [0.29, 0.717) is 16.3 Å². The number of urea groups is 1. The molecule has 0 heterocycles. The summed E-state index contributed by atoms with van der Waals surface area (Å²) in [6.07, 6.45) is 0. The van der Waals surface area contributed by atoms with Crippen LogP contribution in [0.5, 0.6) is 0 Å². The molecule has 0 spiro atoms. The smallest absolute Gasteiger partial charge is 0.319 e. The molecule has 0 unspecified atom stereocenters. The molecule has 0 aliphatic rings. The zero-order valence-electron chi connectivity index (χ0n) is 9.97. The predicted molar refractivity (Wildman–Crippen MR) is 68.1 cm³/mol. The minimum atomic E-state index is -0.365. The molecule has 2 N–H and O–H groups in total. The maximum absolute atomic E-state index is 11.6. The van der Waals surface area contributed by atoms with Gasteiger partial charge in [-0.1, -0.05) is 11.6 Å². The second-order valence-corrected chi connectivity index (χ2v) is 5.07. The standard InChI is InChI=1S/C12H14ClN3O/c1-12(2,3)16-11(17)15-10-6-9(13)5-4-8(10)7-14/h4-6H,1-3H3,(H2,15,16,17). The van der Waals surface area contributed by atoms with Crippen LogP contribution in [0.1, 0.15) is 26.3 Å². The molecule has 2 amide bonds. The number of nitrogens with zero attached hydrogens (tertiary/aromatic N) is 1. The second-order valence-electron chi connectivity index (χ2n) is 4.63. The third kappa shape index (κ3) is 4.33. The molecule has 0 aliphatic heterocycles. The Morgan fingerprint density at radius 3 is 2.59 bits per heavy atom. The van der Waals surface area contributed by atoms with Gasteiger partial charge in [-0.3, -0.25) is 0 Å². The zero-order valence-corrected chi connectivity index (χ0v) is 10.7. The van der Waals surface area contributed by atoms with Crippen LogP contribution in [0.25, 0.3) is 0 Å². The molecule has 0 radical (unpaired) electrons. The highest BCUT2D eigenvalue weighted by Crippen LogP contribution is 2.20. The van der Waals surface area contributed by atoms with Gasteiger partial charge in [-0.05, 0) is 39.0 Å². The first kappa shape index (κ1) is 13.3. The fourth-order valence-electron chi connectivity index (χ4n) is 1.21. The number of hydrogen-bond acceptors (Lipinski definition) is 2. The minimum Gasteiger partial charge on any atom is -0.333 e. The third-order valence-corrected chi connectivity index (χ3v) is 2.07. The highest BCUT2D eigenvalue weighted by molar-refractivity contribution is 6.31. The first-order valence-corrected chi connectivity index (χ1v) is 5.48. The van der Waals surface area contributed by atoms with Crippen molar-refractivity contribution in [2.45, 2.75) is 26.3 Å². The fourth-order valence-corrected chi connectivity index (χ4v) is 1.38. The Morgan fingerprint density at radius 2 is 2.06 bits per heavy atom. The molecule has 0 bridgehead atoms. The average molecular weight is 252 g/mol. The molecule has 90 valence electrons. The number of nitriles is 1. The Bertz CT molecular complexity index is 472. The normalized spacial score (nSPS) is 10.5. The maximum Gasteiger partial charge on any atom is 0.319 e.